The zero-order chi connectivity index (χ0) is 18.1. The van der Waals surface area contributed by atoms with Gasteiger partial charge in [0.2, 0.25) is 5.91 Å². The maximum Gasteiger partial charge on any atom is 0.278 e. The molecule has 0 N–H and O–H groups in total. The van der Waals surface area contributed by atoms with Crippen LogP contribution in [0.15, 0.2) is 47.3 Å². The highest BCUT2D eigenvalue weighted by atomic mass is 16.5. The van der Waals surface area contributed by atoms with Crippen molar-refractivity contribution >= 4 is 16.8 Å². The van der Waals surface area contributed by atoms with E-state index in [1.807, 2.05) is 18.2 Å². The highest BCUT2D eigenvalue weighted by Crippen LogP contribution is 2.23. The van der Waals surface area contributed by atoms with Gasteiger partial charge in [0, 0.05) is 13.1 Å². The highest BCUT2D eigenvalue weighted by molar-refractivity contribution is 5.78. The lowest BCUT2D eigenvalue weighted by Gasteiger charge is -2.29. The Bertz CT molecular complexity index is 1040. The van der Waals surface area contributed by atoms with Crippen LogP contribution in [0.3, 0.4) is 0 Å². The van der Waals surface area contributed by atoms with Gasteiger partial charge in [-0.1, -0.05) is 23.4 Å². The van der Waals surface area contributed by atoms with Gasteiger partial charge in [-0.2, -0.15) is 0 Å². The lowest BCUT2D eigenvalue weighted by atomic mass is 9.99. The van der Waals surface area contributed by atoms with Crippen LogP contribution < -0.4 is 10.3 Å². The van der Waals surface area contributed by atoms with Crippen molar-refractivity contribution in [1.82, 2.24) is 19.9 Å². The summed E-state index contributed by atoms with van der Waals surface area (Å²) in [7, 11) is 1.64. The molecule has 0 fully saturated rings. The van der Waals surface area contributed by atoms with Crippen LogP contribution in [0.4, 0.5) is 0 Å². The molecule has 7 heteroatoms. The number of rotatable bonds is 3. The highest BCUT2D eigenvalue weighted by Gasteiger charge is 2.22. The second kappa shape index (κ2) is 6.59. The molecule has 7 nitrogen and oxygen atoms in total. The van der Waals surface area contributed by atoms with E-state index >= 15 is 0 Å². The first kappa shape index (κ1) is 16.3. The van der Waals surface area contributed by atoms with E-state index in [0.717, 1.165) is 22.4 Å². The first-order valence-corrected chi connectivity index (χ1v) is 8.42. The monoisotopic (exact) mass is 350 g/mol. The number of nitrogens with zero attached hydrogens (tertiary/aromatic N) is 4. The van der Waals surface area contributed by atoms with E-state index in [9.17, 15) is 9.59 Å². The number of ether oxygens (including phenoxy) is 1. The molecule has 0 atom stereocenters. The molecule has 0 bridgehead atoms. The predicted octanol–water partition coefficient (Wildman–Crippen LogP) is 1.39. The van der Waals surface area contributed by atoms with E-state index in [2.05, 4.69) is 10.3 Å². The molecule has 4 rings (SSSR count). The molecule has 2 heterocycles. The first-order chi connectivity index (χ1) is 12.7. The van der Waals surface area contributed by atoms with Crippen LogP contribution in [0.2, 0.25) is 0 Å². The molecule has 2 aromatic carbocycles. The van der Waals surface area contributed by atoms with Gasteiger partial charge < -0.3 is 9.64 Å². The van der Waals surface area contributed by atoms with Gasteiger partial charge in [0.15, 0.2) is 0 Å². The van der Waals surface area contributed by atoms with Crippen LogP contribution in [0.5, 0.6) is 5.75 Å². The summed E-state index contributed by atoms with van der Waals surface area (Å²) in [5.41, 5.74) is 2.52. The van der Waals surface area contributed by atoms with Crippen molar-refractivity contribution < 1.29 is 9.53 Å². The van der Waals surface area contributed by atoms with E-state index in [-0.39, 0.29) is 18.0 Å². The quantitative estimate of drug-likeness (QED) is 0.713. The zero-order valence-electron chi connectivity index (χ0n) is 14.4. The fraction of sp³-hybridized carbons (Fsp3) is 0.263. The summed E-state index contributed by atoms with van der Waals surface area (Å²) in [6.45, 7) is 1.02. The van der Waals surface area contributed by atoms with Crippen molar-refractivity contribution in [3.8, 4) is 5.75 Å². The van der Waals surface area contributed by atoms with Gasteiger partial charge in [0.1, 0.15) is 17.8 Å². The Labute approximate surface area is 149 Å². The van der Waals surface area contributed by atoms with Gasteiger partial charge in [-0.25, -0.2) is 4.68 Å². The molecule has 132 valence electrons. The van der Waals surface area contributed by atoms with Gasteiger partial charge in [-0.15, -0.1) is 5.10 Å². The third-order valence-corrected chi connectivity index (χ3v) is 4.69. The van der Waals surface area contributed by atoms with Crippen molar-refractivity contribution in [1.29, 1.82) is 0 Å². The number of fused-ring (bicyclic) bond motifs is 2. The second-order valence-corrected chi connectivity index (χ2v) is 6.27. The van der Waals surface area contributed by atoms with E-state index in [4.69, 9.17) is 4.74 Å². The molecule has 0 radical (unpaired) electrons. The van der Waals surface area contributed by atoms with E-state index in [1.165, 1.54) is 5.56 Å². The van der Waals surface area contributed by atoms with Crippen molar-refractivity contribution in [3.05, 3.63) is 63.9 Å². The lowest BCUT2D eigenvalue weighted by molar-refractivity contribution is -0.133. The minimum atomic E-state index is -0.300. The number of carbonyl (C=O) groups is 1. The summed E-state index contributed by atoms with van der Waals surface area (Å²) >= 11 is 0. The maximum absolute atomic E-state index is 12.7. The fourth-order valence-corrected chi connectivity index (χ4v) is 3.22. The molecule has 0 saturated heterocycles. The Kier molecular flexibility index (Phi) is 4.12. The van der Waals surface area contributed by atoms with Crippen molar-refractivity contribution in [2.45, 2.75) is 19.5 Å². The third kappa shape index (κ3) is 2.92. The Morgan fingerprint density at radius 2 is 2.04 bits per heavy atom. The van der Waals surface area contributed by atoms with E-state index in [0.29, 0.717) is 24.0 Å². The fourth-order valence-electron chi connectivity index (χ4n) is 3.22. The van der Waals surface area contributed by atoms with Crippen LogP contribution in [0.25, 0.3) is 10.9 Å². The van der Waals surface area contributed by atoms with Gasteiger partial charge in [-0.3, -0.25) is 9.59 Å². The number of benzene rings is 2. The summed E-state index contributed by atoms with van der Waals surface area (Å²) in [6, 6.07) is 12.9. The van der Waals surface area contributed by atoms with E-state index < -0.39 is 0 Å². The van der Waals surface area contributed by atoms with Crippen molar-refractivity contribution in [2.75, 3.05) is 13.7 Å². The summed E-state index contributed by atoms with van der Waals surface area (Å²) in [6.07, 6.45) is 0.760. The molecule has 0 spiro atoms. The number of hydrogen-bond donors (Lipinski definition) is 0. The average Bonchev–Trinajstić information content (AvgIpc) is 2.69. The molecule has 0 saturated carbocycles. The second-order valence-electron chi connectivity index (χ2n) is 6.27. The molecule has 1 aromatic heterocycles. The third-order valence-electron chi connectivity index (χ3n) is 4.69. The van der Waals surface area contributed by atoms with Gasteiger partial charge in [0.25, 0.3) is 5.56 Å². The Morgan fingerprint density at radius 3 is 2.88 bits per heavy atom. The van der Waals surface area contributed by atoms with Gasteiger partial charge in [-0.05, 0) is 41.8 Å². The molecule has 0 aliphatic carbocycles. The SMILES string of the molecule is COc1ccc2c(c1)CCN(C(=O)Cn1nnc3ccccc3c1=O)C2. The lowest BCUT2D eigenvalue weighted by Crippen LogP contribution is -2.40. The van der Waals surface area contributed by atoms with Crippen LogP contribution in [0.1, 0.15) is 11.1 Å². The normalized spacial score (nSPS) is 13.5. The standard InChI is InChI=1S/C19H18N4O3/c1-26-15-7-6-14-11-22(9-8-13(14)10-15)18(24)12-23-19(25)16-4-2-3-5-17(16)20-21-23/h2-7,10H,8-9,11-12H2,1H3. The molecule has 1 aliphatic heterocycles. The van der Waals surface area contributed by atoms with Crippen LogP contribution in [0, 0.1) is 0 Å². The molecule has 26 heavy (non-hydrogen) atoms. The smallest absolute Gasteiger partial charge is 0.278 e. The zero-order valence-corrected chi connectivity index (χ0v) is 14.4. The van der Waals surface area contributed by atoms with E-state index in [1.54, 1.807) is 36.3 Å². The predicted molar refractivity (Wildman–Crippen MR) is 95.9 cm³/mol. The number of aromatic nitrogens is 3. The van der Waals surface area contributed by atoms with Crippen molar-refractivity contribution in [3.63, 3.8) is 0 Å². The summed E-state index contributed by atoms with van der Waals surface area (Å²) in [5.74, 6) is 0.680. The number of amides is 1. The Hall–Kier alpha value is -3.22. The van der Waals surface area contributed by atoms with Crippen LogP contribution >= 0.6 is 0 Å². The molecular weight excluding hydrogens is 332 g/mol. The molecule has 3 aromatic rings. The number of carbonyl (C=O) groups excluding carboxylic acids is 1. The largest absolute Gasteiger partial charge is 0.497 e. The summed E-state index contributed by atoms with van der Waals surface area (Å²) in [5, 5.41) is 8.39. The summed E-state index contributed by atoms with van der Waals surface area (Å²) in [4.78, 5) is 26.9. The number of hydrogen-bond acceptors (Lipinski definition) is 5. The minimum absolute atomic E-state index is 0.109. The van der Waals surface area contributed by atoms with Crippen molar-refractivity contribution in [2.24, 2.45) is 0 Å². The van der Waals surface area contributed by atoms with Crippen LogP contribution in [-0.4, -0.2) is 39.5 Å². The molecule has 0 unspecified atom stereocenters. The first-order valence-electron chi connectivity index (χ1n) is 8.42. The van der Waals surface area contributed by atoms with Gasteiger partial charge in [0.05, 0.1) is 12.5 Å². The minimum Gasteiger partial charge on any atom is -0.497 e. The van der Waals surface area contributed by atoms with Gasteiger partial charge >= 0.3 is 0 Å². The topological polar surface area (TPSA) is 77.3 Å². The number of methoxy groups -OCH3 is 1. The Balaban J connectivity index is 1.54. The molecular formula is C19H18N4O3. The summed E-state index contributed by atoms with van der Waals surface area (Å²) < 4.78 is 6.38. The Morgan fingerprint density at radius 1 is 1.19 bits per heavy atom. The molecule has 1 aliphatic rings. The average molecular weight is 350 g/mol. The van der Waals surface area contributed by atoms with Crippen LogP contribution in [-0.2, 0) is 24.3 Å². The maximum atomic E-state index is 12.7. The molecule has 1 amide bonds.